The first-order chi connectivity index (χ1) is 8.65. The highest BCUT2D eigenvalue weighted by Gasteiger charge is 2.47. The maximum absolute atomic E-state index is 11.1. The number of rotatable bonds is 3. The van der Waals surface area contributed by atoms with Gasteiger partial charge < -0.3 is 9.90 Å². The molecular weight excluding hydrogens is 234 g/mol. The molecule has 1 saturated carbocycles. The summed E-state index contributed by atoms with van der Waals surface area (Å²) in [5.41, 5.74) is 0.745. The summed E-state index contributed by atoms with van der Waals surface area (Å²) < 4.78 is 0. The Labute approximate surface area is 105 Å². The lowest BCUT2D eigenvalue weighted by Gasteiger charge is -2.33. The van der Waals surface area contributed by atoms with E-state index in [4.69, 9.17) is 0 Å². The van der Waals surface area contributed by atoms with Gasteiger partial charge in [0.1, 0.15) is 12.4 Å². The van der Waals surface area contributed by atoms with Crippen molar-refractivity contribution in [2.75, 3.05) is 0 Å². The van der Waals surface area contributed by atoms with Gasteiger partial charge in [-0.15, -0.1) is 0 Å². The topological polar surface area (TPSA) is 80.4 Å². The van der Waals surface area contributed by atoms with E-state index in [9.17, 15) is 20.0 Å². The lowest BCUT2D eigenvalue weighted by Crippen LogP contribution is -2.46. The summed E-state index contributed by atoms with van der Waals surface area (Å²) in [7, 11) is 0. The molecule has 0 heterocycles. The van der Waals surface area contributed by atoms with E-state index in [0.717, 1.165) is 11.8 Å². The average molecular weight is 249 g/mol. The Morgan fingerprint density at radius 1 is 1.28 bits per heavy atom. The molecule has 96 valence electrons. The Balaban J connectivity index is 2.40. The summed E-state index contributed by atoms with van der Waals surface area (Å²) in [6.07, 6.45) is 0.592. The molecule has 0 bridgehead atoms. The van der Waals surface area contributed by atoms with E-state index >= 15 is 0 Å². The molecular formula is C13H15NO4. The highest BCUT2D eigenvalue weighted by Crippen LogP contribution is 2.38. The molecule has 0 radical (unpaired) electrons. The molecule has 1 fully saturated rings. The Morgan fingerprint density at radius 2 is 1.94 bits per heavy atom. The van der Waals surface area contributed by atoms with Gasteiger partial charge in [-0.2, -0.15) is 0 Å². The van der Waals surface area contributed by atoms with Crippen LogP contribution in [-0.4, -0.2) is 28.5 Å². The quantitative estimate of drug-likeness (QED) is 0.498. The summed E-state index contributed by atoms with van der Waals surface area (Å²) in [4.78, 5) is 21.8. The van der Waals surface area contributed by atoms with E-state index < -0.39 is 28.9 Å². The highest BCUT2D eigenvalue weighted by molar-refractivity contribution is 5.56. The lowest BCUT2D eigenvalue weighted by atomic mass is 9.72. The van der Waals surface area contributed by atoms with Crippen LogP contribution in [0.1, 0.15) is 24.3 Å². The van der Waals surface area contributed by atoms with Gasteiger partial charge in [0.05, 0.1) is 5.92 Å². The Kier molecular flexibility index (Phi) is 3.72. The molecule has 18 heavy (non-hydrogen) atoms. The van der Waals surface area contributed by atoms with Crippen LogP contribution in [0.25, 0.3) is 0 Å². The first-order valence-corrected chi connectivity index (χ1v) is 5.97. The third kappa shape index (κ3) is 2.26. The smallest absolute Gasteiger partial charge is 0.245 e. The zero-order chi connectivity index (χ0) is 13.1. The minimum atomic E-state index is -1.10. The molecule has 0 saturated heterocycles. The third-order valence-electron chi connectivity index (χ3n) is 3.62. The molecule has 0 amide bonds. The average Bonchev–Trinajstić information content (AvgIpc) is 2.39. The molecule has 5 nitrogen and oxygen atoms in total. The first-order valence-electron chi connectivity index (χ1n) is 5.97. The number of hydrogen-bond donors (Lipinski definition) is 1. The maximum atomic E-state index is 11.1. The minimum Gasteiger partial charge on any atom is -0.386 e. The summed E-state index contributed by atoms with van der Waals surface area (Å²) in [5.74, 6) is -0.936. The Bertz CT molecular complexity index is 434. The highest BCUT2D eigenvalue weighted by atomic mass is 16.6. The van der Waals surface area contributed by atoms with Gasteiger partial charge in [0, 0.05) is 10.8 Å². The molecule has 2 rings (SSSR count). The number of benzene rings is 1. The normalized spacial score (nSPS) is 31.8. The fourth-order valence-electron chi connectivity index (χ4n) is 2.75. The van der Waals surface area contributed by atoms with Crippen LogP contribution in [0.3, 0.4) is 0 Å². The summed E-state index contributed by atoms with van der Waals surface area (Å²) >= 11 is 0. The monoisotopic (exact) mass is 249 g/mol. The van der Waals surface area contributed by atoms with Gasteiger partial charge in [0.2, 0.25) is 6.04 Å². The molecule has 0 aliphatic heterocycles. The number of aliphatic hydroxyl groups excluding tert-OH is 1. The number of aliphatic hydroxyl groups is 1. The second-order valence-electron chi connectivity index (χ2n) is 4.66. The minimum absolute atomic E-state index is 0.304. The number of nitrogens with zero attached hydrogens (tertiary/aromatic N) is 1. The molecule has 0 unspecified atom stereocenters. The fraction of sp³-hybridized carbons (Fsp3) is 0.462. The fourth-order valence-corrected chi connectivity index (χ4v) is 2.75. The second kappa shape index (κ2) is 5.27. The van der Waals surface area contributed by atoms with E-state index in [1.165, 1.54) is 0 Å². The van der Waals surface area contributed by atoms with Crippen LogP contribution in [-0.2, 0) is 4.79 Å². The van der Waals surface area contributed by atoms with Crippen LogP contribution in [0, 0.1) is 16.0 Å². The molecule has 0 aromatic heterocycles. The van der Waals surface area contributed by atoms with Gasteiger partial charge in [-0.1, -0.05) is 30.3 Å². The summed E-state index contributed by atoms with van der Waals surface area (Å²) in [6.45, 7) is 0. The van der Waals surface area contributed by atoms with Crippen LogP contribution < -0.4 is 0 Å². The molecule has 1 aliphatic carbocycles. The van der Waals surface area contributed by atoms with Crippen molar-refractivity contribution in [3.8, 4) is 0 Å². The van der Waals surface area contributed by atoms with Crippen molar-refractivity contribution in [3.63, 3.8) is 0 Å². The van der Waals surface area contributed by atoms with E-state index in [-0.39, 0.29) is 0 Å². The van der Waals surface area contributed by atoms with E-state index in [0.29, 0.717) is 12.8 Å². The van der Waals surface area contributed by atoms with Crippen molar-refractivity contribution in [3.05, 3.63) is 46.0 Å². The van der Waals surface area contributed by atoms with Crippen molar-refractivity contribution in [2.45, 2.75) is 30.9 Å². The SMILES string of the molecule is O=C[C@@H]1CC[C@H](O)[C@@H]([N+](=O)[O-])[C@@H]1c1ccccc1. The van der Waals surface area contributed by atoms with E-state index in [1.807, 2.05) is 6.07 Å². The van der Waals surface area contributed by atoms with Crippen molar-refractivity contribution in [1.29, 1.82) is 0 Å². The molecule has 1 aliphatic rings. The first kappa shape index (κ1) is 12.7. The number of aldehydes is 1. The number of hydrogen-bond acceptors (Lipinski definition) is 4. The van der Waals surface area contributed by atoms with Gasteiger partial charge in [-0.3, -0.25) is 10.1 Å². The molecule has 1 N–H and O–H groups in total. The molecule has 5 heteroatoms. The van der Waals surface area contributed by atoms with E-state index in [1.54, 1.807) is 24.3 Å². The lowest BCUT2D eigenvalue weighted by molar-refractivity contribution is -0.542. The molecule has 1 aromatic carbocycles. The van der Waals surface area contributed by atoms with Crippen LogP contribution in [0.15, 0.2) is 30.3 Å². The molecule has 0 spiro atoms. The van der Waals surface area contributed by atoms with Gasteiger partial charge in [0.25, 0.3) is 0 Å². The Morgan fingerprint density at radius 3 is 2.50 bits per heavy atom. The Hall–Kier alpha value is -1.75. The van der Waals surface area contributed by atoms with Gasteiger partial charge in [-0.05, 0) is 18.4 Å². The number of carbonyl (C=O) groups is 1. The van der Waals surface area contributed by atoms with Crippen molar-refractivity contribution >= 4 is 6.29 Å². The second-order valence-corrected chi connectivity index (χ2v) is 4.66. The van der Waals surface area contributed by atoms with Crippen molar-refractivity contribution in [1.82, 2.24) is 0 Å². The molecule has 1 aromatic rings. The predicted octanol–water partition coefficient (Wildman–Crippen LogP) is 1.39. The predicted molar refractivity (Wildman–Crippen MR) is 64.8 cm³/mol. The van der Waals surface area contributed by atoms with Crippen LogP contribution >= 0.6 is 0 Å². The summed E-state index contributed by atoms with van der Waals surface area (Å²) in [5, 5.41) is 21.0. The van der Waals surface area contributed by atoms with Crippen molar-refractivity contribution in [2.24, 2.45) is 5.92 Å². The standard InChI is InChI=1S/C13H15NO4/c15-8-10-6-7-11(16)13(14(17)18)12(10)9-4-2-1-3-5-9/h1-5,8,10-13,16H,6-7H2/t10-,11-,12+,13+/m0/s1. The largest absolute Gasteiger partial charge is 0.386 e. The number of nitro groups is 1. The zero-order valence-electron chi connectivity index (χ0n) is 9.81. The van der Waals surface area contributed by atoms with Gasteiger partial charge in [-0.25, -0.2) is 0 Å². The third-order valence-corrected chi connectivity index (χ3v) is 3.62. The van der Waals surface area contributed by atoms with Crippen LogP contribution in [0.2, 0.25) is 0 Å². The number of carbonyl (C=O) groups excluding carboxylic acids is 1. The van der Waals surface area contributed by atoms with Gasteiger partial charge in [0.15, 0.2) is 0 Å². The molecule has 4 atom stereocenters. The van der Waals surface area contributed by atoms with Gasteiger partial charge >= 0.3 is 0 Å². The van der Waals surface area contributed by atoms with Crippen molar-refractivity contribution < 1.29 is 14.8 Å². The van der Waals surface area contributed by atoms with E-state index in [2.05, 4.69) is 0 Å². The summed E-state index contributed by atoms with van der Waals surface area (Å²) in [6, 6.07) is 7.84. The zero-order valence-corrected chi connectivity index (χ0v) is 9.81. The maximum Gasteiger partial charge on any atom is 0.245 e. The van der Waals surface area contributed by atoms with Crippen LogP contribution in [0.4, 0.5) is 0 Å². The van der Waals surface area contributed by atoms with Crippen LogP contribution in [0.5, 0.6) is 0 Å².